The van der Waals surface area contributed by atoms with Crippen LogP contribution in [0.2, 0.25) is 0 Å². The van der Waals surface area contributed by atoms with Gasteiger partial charge in [0.05, 0.1) is 17.4 Å². The molecule has 0 radical (unpaired) electrons. The van der Waals surface area contributed by atoms with Gasteiger partial charge in [0.1, 0.15) is 5.01 Å². The van der Waals surface area contributed by atoms with E-state index in [0.717, 1.165) is 16.3 Å². The zero-order valence-electron chi connectivity index (χ0n) is 13.3. The summed E-state index contributed by atoms with van der Waals surface area (Å²) in [5.74, 6) is -0.103. The van der Waals surface area contributed by atoms with E-state index in [0.29, 0.717) is 5.56 Å². The number of nitrogens with zero attached hydrogens (tertiary/aromatic N) is 3. The van der Waals surface area contributed by atoms with E-state index in [-0.39, 0.29) is 5.91 Å². The molecular formula is C17H18N4OS. The van der Waals surface area contributed by atoms with Gasteiger partial charge in [-0.05, 0) is 26.0 Å². The topological polar surface area (TPSA) is 59.8 Å². The van der Waals surface area contributed by atoms with Gasteiger partial charge in [-0.2, -0.15) is 5.10 Å². The fourth-order valence-electron chi connectivity index (χ4n) is 2.25. The average molecular weight is 326 g/mol. The quantitative estimate of drug-likeness (QED) is 0.801. The molecule has 0 bridgehead atoms. The van der Waals surface area contributed by atoms with Gasteiger partial charge in [0.25, 0.3) is 5.91 Å². The molecule has 3 aromatic rings. The summed E-state index contributed by atoms with van der Waals surface area (Å²) in [5, 5.41) is 10.1. The number of aryl methyl sites for hydroxylation is 1. The van der Waals surface area contributed by atoms with Crippen LogP contribution in [-0.2, 0) is 12.6 Å². The Kier molecular flexibility index (Phi) is 4.00. The molecular weight excluding hydrogens is 308 g/mol. The van der Waals surface area contributed by atoms with Gasteiger partial charge in [-0.15, -0.1) is 11.3 Å². The lowest BCUT2D eigenvalue weighted by atomic mass is 10.1. The first-order chi connectivity index (χ1) is 11.0. The number of hydrogen-bond acceptors (Lipinski definition) is 4. The number of aromatic nitrogens is 3. The van der Waals surface area contributed by atoms with Crippen LogP contribution in [0.3, 0.4) is 0 Å². The van der Waals surface area contributed by atoms with Gasteiger partial charge in [0.2, 0.25) is 0 Å². The Morgan fingerprint density at radius 1 is 1.26 bits per heavy atom. The summed E-state index contributed by atoms with van der Waals surface area (Å²) in [6, 6.07) is 9.20. The third-order valence-electron chi connectivity index (χ3n) is 3.50. The van der Waals surface area contributed by atoms with E-state index in [1.807, 2.05) is 50.7 Å². The van der Waals surface area contributed by atoms with Crippen molar-refractivity contribution in [2.45, 2.75) is 19.4 Å². The van der Waals surface area contributed by atoms with Crippen molar-refractivity contribution in [3.63, 3.8) is 0 Å². The first kappa shape index (κ1) is 15.4. The summed E-state index contributed by atoms with van der Waals surface area (Å²) in [7, 11) is 1.88. The number of hydrogen-bond donors (Lipinski definition) is 1. The van der Waals surface area contributed by atoms with Crippen molar-refractivity contribution >= 4 is 17.2 Å². The van der Waals surface area contributed by atoms with Crippen molar-refractivity contribution in [1.82, 2.24) is 20.1 Å². The van der Waals surface area contributed by atoms with Crippen molar-refractivity contribution < 1.29 is 4.79 Å². The maximum absolute atomic E-state index is 12.4. The fourth-order valence-corrected chi connectivity index (χ4v) is 3.15. The van der Waals surface area contributed by atoms with Gasteiger partial charge in [0, 0.05) is 29.8 Å². The first-order valence-electron chi connectivity index (χ1n) is 7.28. The van der Waals surface area contributed by atoms with Crippen LogP contribution >= 0.6 is 11.3 Å². The predicted molar refractivity (Wildman–Crippen MR) is 91.3 cm³/mol. The van der Waals surface area contributed by atoms with Gasteiger partial charge in [-0.1, -0.05) is 18.2 Å². The molecule has 0 aliphatic carbocycles. The van der Waals surface area contributed by atoms with E-state index in [2.05, 4.69) is 15.4 Å². The summed E-state index contributed by atoms with van der Waals surface area (Å²) in [6.07, 6.45) is 3.71. The Labute approximate surface area is 139 Å². The molecule has 23 heavy (non-hydrogen) atoms. The van der Waals surface area contributed by atoms with Crippen LogP contribution in [-0.4, -0.2) is 20.7 Å². The molecule has 1 amide bonds. The molecule has 118 valence electrons. The van der Waals surface area contributed by atoms with Crippen LogP contribution in [0.5, 0.6) is 0 Å². The number of carbonyl (C=O) groups is 1. The second-order valence-electron chi connectivity index (χ2n) is 5.89. The molecule has 6 heteroatoms. The van der Waals surface area contributed by atoms with Crippen molar-refractivity contribution in [1.29, 1.82) is 0 Å². The van der Waals surface area contributed by atoms with Crippen molar-refractivity contribution in [2.24, 2.45) is 7.05 Å². The highest BCUT2D eigenvalue weighted by molar-refractivity contribution is 7.10. The number of amides is 1. The normalized spacial score (nSPS) is 11.4. The molecule has 0 unspecified atom stereocenters. The van der Waals surface area contributed by atoms with E-state index in [4.69, 9.17) is 0 Å². The smallest absolute Gasteiger partial charge is 0.252 e. The lowest BCUT2D eigenvalue weighted by Gasteiger charge is -2.23. The number of thiazole rings is 1. The summed E-state index contributed by atoms with van der Waals surface area (Å²) in [5.41, 5.74) is 1.95. The number of rotatable bonds is 4. The minimum absolute atomic E-state index is 0.103. The van der Waals surface area contributed by atoms with Gasteiger partial charge in [-0.25, -0.2) is 4.98 Å². The van der Waals surface area contributed by atoms with E-state index in [1.54, 1.807) is 23.0 Å². The minimum atomic E-state index is -0.544. The molecule has 2 heterocycles. The summed E-state index contributed by atoms with van der Waals surface area (Å²) in [6.45, 7) is 3.92. The molecule has 0 aliphatic rings. The first-order valence-corrected chi connectivity index (χ1v) is 8.16. The fraction of sp³-hybridized carbons (Fsp3) is 0.235. The monoisotopic (exact) mass is 326 g/mol. The van der Waals surface area contributed by atoms with E-state index in [9.17, 15) is 4.79 Å². The Balaban J connectivity index is 1.80. The zero-order valence-corrected chi connectivity index (χ0v) is 14.1. The maximum atomic E-state index is 12.4. The standard InChI is InChI=1S/C17H18N4OS/c1-17(2,20-15(22)12-7-5-4-6-8-12)16-19-14(11-23-16)13-9-18-21(3)10-13/h4-11H,1-3H3,(H,20,22). The SMILES string of the molecule is Cn1cc(-c2csc(C(C)(C)NC(=O)c3ccccc3)n2)cn1. The molecule has 1 N–H and O–H groups in total. The highest BCUT2D eigenvalue weighted by atomic mass is 32.1. The molecule has 0 spiro atoms. The van der Waals surface area contributed by atoms with Gasteiger partial charge >= 0.3 is 0 Å². The molecule has 3 rings (SSSR count). The molecule has 0 saturated carbocycles. The summed E-state index contributed by atoms with van der Waals surface area (Å²) >= 11 is 1.53. The van der Waals surface area contributed by atoms with Crippen LogP contribution in [0.25, 0.3) is 11.3 Å². The van der Waals surface area contributed by atoms with Crippen LogP contribution < -0.4 is 5.32 Å². The molecule has 0 fully saturated rings. The Bertz CT molecular complexity index is 820. The Morgan fingerprint density at radius 3 is 2.65 bits per heavy atom. The summed E-state index contributed by atoms with van der Waals surface area (Å²) in [4.78, 5) is 17.0. The molecule has 5 nitrogen and oxygen atoms in total. The van der Waals surface area contributed by atoms with Crippen LogP contribution in [0, 0.1) is 0 Å². The van der Waals surface area contributed by atoms with E-state index >= 15 is 0 Å². The molecule has 1 aromatic carbocycles. The highest BCUT2D eigenvalue weighted by Crippen LogP contribution is 2.28. The van der Waals surface area contributed by atoms with Crippen molar-refractivity contribution in [3.05, 3.63) is 58.7 Å². The second-order valence-corrected chi connectivity index (χ2v) is 6.74. The lowest BCUT2D eigenvalue weighted by Crippen LogP contribution is -2.40. The van der Waals surface area contributed by atoms with Gasteiger partial charge < -0.3 is 5.32 Å². The second kappa shape index (κ2) is 5.96. The van der Waals surface area contributed by atoms with Crippen LogP contribution in [0.1, 0.15) is 29.2 Å². The third-order valence-corrected chi connectivity index (χ3v) is 4.67. The zero-order chi connectivity index (χ0) is 16.4. The predicted octanol–water partition coefficient (Wildman–Crippen LogP) is 3.21. The number of nitrogens with one attached hydrogen (secondary N) is 1. The van der Waals surface area contributed by atoms with Gasteiger partial charge in [-0.3, -0.25) is 9.48 Å². The van der Waals surface area contributed by atoms with Gasteiger partial charge in [0.15, 0.2) is 0 Å². The minimum Gasteiger partial charge on any atom is -0.341 e. The van der Waals surface area contributed by atoms with Crippen molar-refractivity contribution in [3.8, 4) is 11.3 Å². The lowest BCUT2D eigenvalue weighted by molar-refractivity contribution is 0.0912. The average Bonchev–Trinajstić information content (AvgIpc) is 3.16. The largest absolute Gasteiger partial charge is 0.341 e. The van der Waals surface area contributed by atoms with Crippen LogP contribution in [0.4, 0.5) is 0 Å². The molecule has 0 atom stereocenters. The third kappa shape index (κ3) is 3.32. The van der Waals surface area contributed by atoms with Crippen LogP contribution in [0.15, 0.2) is 48.1 Å². The summed E-state index contributed by atoms with van der Waals surface area (Å²) < 4.78 is 1.75. The molecule has 0 aliphatic heterocycles. The number of carbonyl (C=O) groups excluding carboxylic acids is 1. The van der Waals surface area contributed by atoms with E-state index in [1.165, 1.54) is 11.3 Å². The van der Waals surface area contributed by atoms with E-state index < -0.39 is 5.54 Å². The maximum Gasteiger partial charge on any atom is 0.252 e. The molecule has 2 aromatic heterocycles. The Hall–Kier alpha value is -2.47. The Morgan fingerprint density at radius 2 is 2.00 bits per heavy atom. The van der Waals surface area contributed by atoms with Crippen molar-refractivity contribution in [2.75, 3.05) is 0 Å². The molecule has 0 saturated heterocycles. The number of benzene rings is 1. The highest BCUT2D eigenvalue weighted by Gasteiger charge is 2.27.